The average Bonchev–Trinajstić information content (AvgIpc) is 3.35. The van der Waals surface area contributed by atoms with Crippen molar-refractivity contribution in [3.05, 3.63) is 93.5 Å². The SMILES string of the molecule is CCCc1nc(O)c(C(=O)N2CC[C@H](c3ccccc3)C2)c(=O)n1[C@@H](COC)c1ccccc1. The van der Waals surface area contributed by atoms with Gasteiger partial charge in [0.25, 0.3) is 11.5 Å². The number of benzene rings is 2. The van der Waals surface area contributed by atoms with Crippen LogP contribution in [0.4, 0.5) is 0 Å². The number of amides is 1. The number of carbonyl (C=O) groups is 1. The fraction of sp³-hybridized carbons (Fsp3) is 0.370. The molecule has 3 aromatic rings. The standard InChI is InChI=1S/C27H31N3O4/c1-3-10-23-28-25(31)24(26(32)29-16-15-21(17-29)19-11-6-4-7-12-19)27(33)30(23)22(18-34-2)20-13-8-5-9-14-20/h4-9,11-14,21-22,31H,3,10,15-18H2,1-2H3/t21-,22-/m0/s1. The molecule has 1 saturated heterocycles. The molecule has 0 saturated carbocycles. The van der Waals surface area contributed by atoms with Gasteiger partial charge in [-0.1, -0.05) is 67.6 Å². The Labute approximate surface area is 199 Å². The summed E-state index contributed by atoms with van der Waals surface area (Å²) in [5.74, 6) is -0.333. The summed E-state index contributed by atoms with van der Waals surface area (Å²) < 4.78 is 6.98. The van der Waals surface area contributed by atoms with Gasteiger partial charge in [0.05, 0.1) is 12.6 Å². The van der Waals surface area contributed by atoms with Crippen LogP contribution < -0.4 is 5.56 Å². The lowest BCUT2D eigenvalue weighted by atomic mass is 9.99. The van der Waals surface area contributed by atoms with Crippen LogP contribution in [0.2, 0.25) is 0 Å². The van der Waals surface area contributed by atoms with Crippen LogP contribution in [-0.2, 0) is 11.2 Å². The van der Waals surface area contributed by atoms with Gasteiger partial charge in [0, 0.05) is 32.5 Å². The molecule has 2 heterocycles. The smallest absolute Gasteiger partial charge is 0.271 e. The van der Waals surface area contributed by atoms with Gasteiger partial charge in [0.2, 0.25) is 5.88 Å². The topological polar surface area (TPSA) is 84.7 Å². The normalized spacial score (nSPS) is 16.5. The summed E-state index contributed by atoms with van der Waals surface area (Å²) in [6.07, 6.45) is 2.03. The molecule has 1 fully saturated rings. The average molecular weight is 462 g/mol. The fourth-order valence-electron chi connectivity index (χ4n) is 4.73. The molecule has 0 aliphatic carbocycles. The summed E-state index contributed by atoms with van der Waals surface area (Å²) in [6, 6.07) is 19.1. The predicted molar refractivity (Wildman–Crippen MR) is 130 cm³/mol. The van der Waals surface area contributed by atoms with E-state index in [-0.39, 0.29) is 18.1 Å². The molecule has 1 aliphatic heterocycles. The van der Waals surface area contributed by atoms with Crippen molar-refractivity contribution < 1.29 is 14.6 Å². The van der Waals surface area contributed by atoms with Gasteiger partial charge in [-0.3, -0.25) is 14.2 Å². The van der Waals surface area contributed by atoms with Crippen LogP contribution in [0.1, 0.15) is 59.0 Å². The minimum Gasteiger partial charge on any atom is -0.493 e. The lowest BCUT2D eigenvalue weighted by Crippen LogP contribution is -2.39. The van der Waals surface area contributed by atoms with Crippen LogP contribution in [0.3, 0.4) is 0 Å². The number of aryl methyl sites for hydroxylation is 1. The highest BCUT2D eigenvalue weighted by Gasteiger charge is 2.33. The summed E-state index contributed by atoms with van der Waals surface area (Å²) in [5.41, 5.74) is 1.24. The Morgan fingerprint density at radius 1 is 1.15 bits per heavy atom. The number of rotatable bonds is 8. The molecule has 0 unspecified atom stereocenters. The van der Waals surface area contributed by atoms with E-state index < -0.39 is 23.4 Å². The molecule has 7 heteroatoms. The molecular formula is C27H31N3O4. The van der Waals surface area contributed by atoms with Crippen LogP contribution in [-0.4, -0.2) is 52.3 Å². The van der Waals surface area contributed by atoms with Crippen LogP contribution >= 0.6 is 0 Å². The van der Waals surface area contributed by atoms with Crippen molar-refractivity contribution in [2.24, 2.45) is 0 Å². The van der Waals surface area contributed by atoms with E-state index in [1.165, 1.54) is 10.1 Å². The lowest BCUT2D eigenvalue weighted by molar-refractivity contribution is 0.0783. The van der Waals surface area contributed by atoms with Crippen LogP contribution in [0, 0.1) is 0 Å². The molecule has 0 radical (unpaired) electrons. The van der Waals surface area contributed by atoms with Crippen LogP contribution in [0.5, 0.6) is 5.88 Å². The minimum absolute atomic E-state index is 0.201. The molecule has 0 spiro atoms. The van der Waals surface area contributed by atoms with Gasteiger partial charge in [-0.25, -0.2) is 0 Å². The summed E-state index contributed by atoms with van der Waals surface area (Å²) in [4.78, 5) is 33.3. The molecule has 1 aliphatic rings. The molecule has 2 atom stereocenters. The van der Waals surface area contributed by atoms with Crippen molar-refractivity contribution in [1.82, 2.24) is 14.5 Å². The molecule has 1 aromatic heterocycles. The number of likely N-dealkylation sites (tertiary alicyclic amines) is 1. The quantitative estimate of drug-likeness (QED) is 0.552. The van der Waals surface area contributed by atoms with Gasteiger partial charge in [0.1, 0.15) is 5.82 Å². The third-order valence-electron chi connectivity index (χ3n) is 6.42. The Morgan fingerprint density at radius 2 is 1.82 bits per heavy atom. The van der Waals surface area contributed by atoms with E-state index in [0.717, 1.165) is 18.4 Å². The van der Waals surface area contributed by atoms with Gasteiger partial charge >= 0.3 is 0 Å². The molecule has 0 bridgehead atoms. The lowest BCUT2D eigenvalue weighted by Gasteiger charge is -2.24. The first kappa shape index (κ1) is 23.7. The van der Waals surface area contributed by atoms with Crippen LogP contribution in [0.25, 0.3) is 0 Å². The first-order valence-electron chi connectivity index (χ1n) is 11.8. The van der Waals surface area contributed by atoms with E-state index >= 15 is 0 Å². The Kier molecular flexibility index (Phi) is 7.43. The number of aromatic hydroxyl groups is 1. The molecule has 178 valence electrons. The summed E-state index contributed by atoms with van der Waals surface area (Å²) in [7, 11) is 1.58. The van der Waals surface area contributed by atoms with Crippen molar-refractivity contribution >= 4 is 5.91 Å². The van der Waals surface area contributed by atoms with Gasteiger partial charge < -0.3 is 14.7 Å². The Morgan fingerprint density at radius 3 is 2.47 bits per heavy atom. The molecule has 1 N–H and O–H groups in total. The zero-order valence-corrected chi connectivity index (χ0v) is 19.7. The van der Waals surface area contributed by atoms with E-state index in [1.807, 2.05) is 55.5 Å². The highest BCUT2D eigenvalue weighted by Crippen LogP contribution is 2.29. The Hall–Kier alpha value is -3.45. The van der Waals surface area contributed by atoms with E-state index in [2.05, 4.69) is 17.1 Å². The van der Waals surface area contributed by atoms with E-state index in [4.69, 9.17) is 4.74 Å². The summed E-state index contributed by atoms with van der Waals surface area (Å²) in [6.45, 7) is 3.24. The third-order valence-corrected chi connectivity index (χ3v) is 6.42. The second-order valence-electron chi connectivity index (χ2n) is 8.68. The molecular weight excluding hydrogens is 430 g/mol. The van der Waals surface area contributed by atoms with Crippen molar-refractivity contribution in [2.75, 3.05) is 26.8 Å². The largest absolute Gasteiger partial charge is 0.493 e. The molecule has 4 rings (SSSR count). The molecule has 34 heavy (non-hydrogen) atoms. The summed E-state index contributed by atoms with van der Waals surface area (Å²) >= 11 is 0. The highest BCUT2D eigenvalue weighted by molar-refractivity contribution is 5.96. The molecule has 7 nitrogen and oxygen atoms in total. The number of nitrogens with zero attached hydrogens (tertiary/aromatic N) is 3. The number of hydrogen-bond donors (Lipinski definition) is 1. The van der Waals surface area contributed by atoms with Crippen molar-refractivity contribution in [3.63, 3.8) is 0 Å². The second kappa shape index (κ2) is 10.7. The monoisotopic (exact) mass is 461 g/mol. The first-order chi connectivity index (χ1) is 16.5. The van der Waals surface area contributed by atoms with E-state index in [0.29, 0.717) is 25.3 Å². The van der Waals surface area contributed by atoms with Gasteiger partial charge in [-0.05, 0) is 24.0 Å². The zero-order chi connectivity index (χ0) is 24.1. The van der Waals surface area contributed by atoms with Crippen molar-refractivity contribution in [3.8, 4) is 5.88 Å². The van der Waals surface area contributed by atoms with Crippen LogP contribution in [0.15, 0.2) is 65.5 Å². The number of ether oxygens (including phenoxy) is 1. The van der Waals surface area contributed by atoms with Gasteiger partial charge in [-0.15, -0.1) is 0 Å². The number of aromatic nitrogens is 2. The zero-order valence-electron chi connectivity index (χ0n) is 19.7. The van der Waals surface area contributed by atoms with E-state index in [9.17, 15) is 14.7 Å². The Bertz CT molecular complexity index is 1180. The maximum Gasteiger partial charge on any atom is 0.271 e. The summed E-state index contributed by atoms with van der Waals surface area (Å²) in [5, 5.41) is 10.7. The van der Waals surface area contributed by atoms with E-state index in [1.54, 1.807) is 12.0 Å². The fourth-order valence-corrected chi connectivity index (χ4v) is 4.73. The first-order valence-corrected chi connectivity index (χ1v) is 11.8. The highest BCUT2D eigenvalue weighted by atomic mass is 16.5. The van der Waals surface area contributed by atoms with Gasteiger partial charge in [0.15, 0.2) is 5.56 Å². The number of hydrogen-bond acceptors (Lipinski definition) is 5. The maximum absolute atomic E-state index is 13.8. The number of carbonyl (C=O) groups excluding carboxylic acids is 1. The second-order valence-corrected chi connectivity index (χ2v) is 8.68. The number of methoxy groups -OCH3 is 1. The van der Waals surface area contributed by atoms with Crippen molar-refractivity contribution in [2.45, 2.75) is 38.1 Å². The Balaban J connectivity index is 1.74. The molecule has 2 aromatic carbocycles. The predicted octanol–water partition coefficient (Wildman–Crippen LogP) is 3.77. The third kappa shape index (κ3) is 4.75. The van der Waals surface area contributed by atoms with Gasteiger partial charge in [-0.2, -0.15) is 4.98 Å². The minimum atomic E-state index is -0.532. The maximum atomic E-state index is 13.8. The molecule has 1 amide bonds. The van der Waals surface area contributed by atoms with Crippen molar-refractivity contribution in [1.29, 1.82) is 0 Å².